The molecule has 0 fully saturated rings. The van der Waals surface area contributed by atoms with Gasteiger partial charge in [-0.1, -0.05) is 15.9 Å². The van der Waals surface area contributed by atoms with Crippen molar-refractivity contribution >= 4 is 27.8 Å². The van der Waals surface area contributed by atoms with Crippen LogP contribution in [0.15, 0.2) is 22.7 Å². The Morgan fingerprint density at radius 2 is 2.15 bits per heavy atom. The summed E-state index contributed by atoms with van der Waals surface area (Å²) < 4.78 is 6.08. The Morgan fingerprint density at radius 1 is 1.45 bits per heavy atom. The van der Waals surface area contributed by atoms with Crippen LogP contribution in [0.3, 0.4) is 0 Å². The Kier molecular flexibility index (Phi) is 6.51. The third-order valence-corrected chi connectivity index (χ3v) is 3.29. The molecule has 5 nitrogen and oxygen atoms in total. The highest BCUT2D eigenvalue weighted by molar-refractivity contribution is 9.10. The van der Waals surface area contributed by atoms with Gasteiger partial charge in [0.1, 0.15) is 5.75 Å². The van der Waals surface area contributed by atoms with Crippen LogP contribution in [0.4, 0.5) is 0 Å². The number of hydrogen-bond donors (Lipinski definition) is 2. The van der Waals surface area contributed by atoms with Gasteiger partial charge in [0.05, 0.1) is 13.5 Å². The summed E-state index contributed by atoms with van der Waals surface area (Å²) >= 11 is 3.35. The van der Waals surface area contributed by atoms with Crippen molar-refractivity contribution in [1.82, 2.24) is 5.32 Å². The number of carboxylic acids is 1. The summed E-state index contributed by atoms with van der Waals surface area (Å²) in [6.45, 7) is 1.79. The molecule has 0 heterocycles. The topological polar surface area (TPSA) is 75.6 Å². The molecule has 1 aromatic rings. The molecule has 1 rings (SSSR count). The van der Waals surface area contributed by atoms with Gasteiger partial charge in [-0.3, -0.25) is 9.59 Å². The molecule has 1 unspecified atom stereocenters. The van der Waals surface area contributed by atoms with Crippen molar-refractivity contribution in [2.45, 2.75) is 32.2 Å². The average Bonchev–Trinajstić information content (AvgIpc) is 2.36. The van der Waals surface area contributed by atoms with Crippen LogP contribution in [0.25, 0.3) is 0 Å². The number of nitrogens with one attached hydrogen (secondary N) is 1. The molecule has 1 aromatic carbocycles. The first kappa shape index (κ1) is 16.5. The van der Waals surface area contributed by atoms with E-state index in [2.05, 4.69) is 21.2 Å². The third-order valence-electron chi connectivity index (χ3n) is 2.79. The Hall–Kier alpha value is -1.56. The van der Waals surface area contributed by atoms with E-state index in [-0.39, 0.29) is 24.8 Å². The summed E-state index contributed by atoms with van der Waals surface area (Å²) in [6.07, 6.45) is 0.651. The highest BCUT2D eigenvalue weighted by Crippen LogP contribution is 2.23. The maximum Gasteiger partial charge on any atom is 0.303 e. The standard InChI is InChI=1S/C14H18BrNO4/c1-9(3-6-14(18)19)16-13(17)8-10-7-11(15)4-5-12(10)20-2/h4-5,7,9H,3,6,8H2,1-2H3,(H,16,17)(H,18,19). The van der Waals surface area contributed by atoms with E-state index in [1.54, 1.807) is 20.1 Å². The van der Waals surface area contributed by atoms with Crippen LogP contribution < -0.4 is 10.1 Å². The number of hydrogen-bond acceptors (Lipinski definition) is 3. The molecule has 0 aliphatic rings. The Bertz CT molecular complexity index is 490. The zero-order chi connectivity index (χ0) is 15.1. The quantitative estimate of drug-likeness (QED) is 0.796. The van der Waals surface area contributed by atoms with Crippen LogP contribution in [-0.2, 0) is 16.0 Å². The highest BCUT2D eigenvalue weighted by atomic mass is 79.9. The number of benzene rings is 1. The second kappa shape index (κ2) is 7.89. The smallest absolute Gasteiger partial charge is 0.303 e. The first-order valence-corrected chi connectivity index (χ1v) is 7.05. The summed E-state index contributed by atoms with van der Waals surface area (Å²) in [5.41, 5.74) is 0.782. The van der Waals surface area contributed by atoms with Gasteiger partial charge in [0.25, 0.3) is 0 Å². The maximum atomic E-state index is 11.9. The minimum absolute atomic E-state index is 0.0433. The monoisotopic (exact) mass is 343 g/mol. The van der Waals surface area contributed by atoms with Crippen molar-refractivity contribution < 1.29 is 19.4 Å². The largest absolute Gasteiger partial charge is 0.496 e. The molecule has 0 aliphatic heterocycles. The third kappa shape index (κ3) is 5.61. The van der Waals surface area contributed by atoms with E-state index < -0.39 is 5.97 Å². The number of amides is 1. The Balaban J connectivity index is 2.57. The normalized spacial score (nSPS) is 11.8. The van der Waals surface area contributed by atoms with Crippen molar-refractivity contribution in [2.24, 2.45) is 0 Å². The van der Waals surface area contributed by atoms with E-state index in [4.69, 9.17) is 9.84 Å². The average molecular weight is 344 g/mol. The van der Waals surface area contributed by atoms with Crippen LogP contribution in [0.2, 0.25) is 0 Å². The lowest BCUT2D eigenvalue weighted by atomic mass is 10.1. The number of carbonyl (C=O) groups excluding carboxylic acids is 1. The molecule has 2 N–H and O–H groups in total. The van der Waals surface area contributed by atoms with E-state index in [9.17, 15) is 9.59 Å². The fraction of sp³-hybridized carbons (Fsp3) is 0.429. The van der Waals surface area contributed by atoms with E-state index >= 15 is 0 Å². The molecule has 0 bridgehead atoms. The minimum atomic E-state index is -0.861. The van der Waals surface area contributed by atoms with E-state index in [0.717, 1.165) is 10.0 Å². The van der Waals surface area contributed by atoms with Crippen molar-refractivity contribution in [2.75, 3.05) is 7.11 Å². The van der Waals surface area contributed by atoms with Gasteiger partial charge in [0.2, 0.25) is 5.91 Å². The first-order valence-electron chi connectivity index (χ1n) is 6.26. The molecule has 0 aliphatic carbocycles. The SMILES string of the molecule is COc1ccc(Br)cc1CC(=O)NC(C)CCC(=O)O. The van der Waals surface area contributed by atoms with Gasteiger partial charge in [0.15, 0.2) is 0 Å². The van der Waals surface area contributed by atoms with Crippen LogP contribution in [0.5, 0.6) is 5.75 Å². The molecule has 0 saturated heterocycles. The number of carboxylic acid groups (broad SMARTS) is 1. The molecular formula is C14H18BrNO4. The van der Waals surface area contributed by atoms with Crippen molar-refractivity contribution in [3.63, 3.8) is 0 Å². The summed E-state index contributed by atoms with van der Waals surface area (Å²) in [5.74, 6) is -0.361. The molecule has 0 radical (unpaired) electrons. The van der Waals surface area contributed by atoms with Crippen LogP contribution >= 0.6 is 15.9 Å². The predicted molar refractivity (Wildman–Crippen MR) is 78.9 cm³/mol. The summed E-state index contributed by atoms with van der Waals surface area (Å²) in [6, 6.07) is 5.30. The number of halogens is 1. The molecule has 20 heavy (non-hydrogen) atoms. The van der Waals surface area contributed by atoms with Crippen molar-refractivity contribution in [3.8, 4) is 5.75 Å². The zero-order valence-electron chi connectivity index (χ0n) is 11.5. The fourth-order valence-corrected chi connectivity index (χ4v) is 2.20. The van der Waals surface area contributed by atoms with Crippen molar-refractivity contribution in [1.29, 1.82) is 0 Å². The number of aliphatic carboxylic acids is 1. The maximum absolute atomic E-state index is 11.9. The first-order chi connectivity index (χ1) is 9.42. The van der Waals surface area contributed by atoms with Gasteiger partial charge in [-0.25, -0.2) is 0 Å². The van der Waals surface area contributed by atoms with Gasteiger partial charge in [-0.2, -0.15) is 0 Å². The Morgan fingerprint density at radius 3 is 2.75 bits per heavy atom. The molecule has 0 aromatic heterocycles. The molecule has 0 spiro atoms. The van der Waals surface area contributed by atoms with E-state index in [0.29, 0.717) is 12.2 Å². The Labute approximate surface area is 126 Å². The lowest BCUT2D eigenvalue weighted by Crippen LogP contribution is -2.34. The molecule has 1 amide bonds. The number of methoxy groups -OCH3 is 1. The molecule has 0 saturated carbocycles. The highest BCUT2D eigenvalue weighted by Gasteiger charge is 2.12. The molecule has 1 atom stereocenters. The molecular weight excluding hydrogens is 326 g/mol. The minimum Gasteiger partial charge on any atom is -0.496 e. The molecule has 6 heteroatoms. The summed E-state index contributed by atoms with van der Waals surface area (Å²) in [7, 11) is 1.56. The van der Waals surface area contributed by atoms with Gasteiger partial charge in [-0.15, -0.1) is 0 Å². The lowest BCUT2D eigenvalue weighted by Gasteiger charge is -2.14. The van der Waals surface area contributed by atoms with Crippen molar-refractivity contribution in [3.05, 3.63) is 28.2 Å². The van der Waals surface area contributed by atoms with Gasteiger partial charge >= 0.3 is 5.97 Å². The summed E-state index contributed by atoms with van der Waals surface area (Å²) in [5, 5.41) is 11.4. The second-order valence-electron chi connectivity index (χ2n) is 4.53. The zero-order valence-corrected chi connectivity index (χ0v) is 13.1. The van der Waals surface area contributed by atoms with Crippen LogP contribution in [-0.4, -0.2) is 30.1 Å². The second-order valence-corrected chi connectivity index (χ2v) is 5.45. The van der Waals surface area contributed by atoms with Crippen LogP contribution in [0, 0.1) is 0 Å². The van der Waals surface area contributed by atoms with Gasteiger partial charge < -0.3 is 15.2 Å². The van der Waals surface area contributed by atoms with Gasteiger partial charge in [0, 0.05) is 22.5 Å². The van der Waals surface area contributed by atoms with E-state index in [1.807, 2.05) is 12.1 Å². The molecule has 110 valence electrons. The predicted octanol–water partition coefficient (Wildman–Crippen LogP) is 2.37. The number of carbonyl (C=O) groups is 2. The number of rotatable bonds is 7. The van der Waals surface area contributed by atoms with E-state index in [1.165, 1.54) is 0 Å². The van der Waals surface area contributed by atoms with Crippen LogP contribution in [0.1, 0.15) is 25.3 Å². The van der Waals surface area contributed by atoms with Gasteiger partial charge in [-0.05, 0) is 31.5 Å². The fourth-order valence-electron chi connectivity index (χ4n) is 1.80. The lowest BCUT2D eigenvalue weighted by molar-refractivity contribution is -0.137. The summed E-state index contributed by atoms with van der Waals surface area (Å²) in [4.78, 5) is 22.4. The number of ether oxygens (including phenoxy) is 1.